The molecule has 1 aliphatic heterocycles. The number of thiazole rings is 1. The standard InChI is InChI=1S/C31H35N3O4S2/c1-4-33(20-23-10-6-5-7-11-23)40(36,37)26-17-15-24(16-18-26)30(35)34(21-25-12-9-19-38-25)31-32-29-27(22(2)3)13-8-14-28(29)39-31/h5-8,10-11,13-18,22,25H,4,9,12,19-21H2,1-3H3. The number of benzene rings is 3. The highest BCUT2D eigenvalue weighted by Crippen LogP contribution is 2.35. The second kappa shape index (κ2) is 12.2. The molecule has 2 heterocycles. The SMILES string of the molecule is CCN(Cc1ccccc1)S(=O)(=O)c1ccc(C(=O)N(CC2CCCO2)c2nc3c(C(C)C)cccc3s2)cc1. The number of carbonyl (C=O) groups is 1. The summed E-state index contributed by atoms with van der Waals surface area (Å²) in [5.74, 6) is 0.0845. The Morgan fingerprint density at radius 1 is 1.05 bits per heavy atom. The van der Waals surface area contributed by atoms with Gasteiger partial charge in [0.1, 0.15) is 0 Å². The van der Waals surface area contributed by atoms with Crippen LogP contribution in [0.15, 0.2) is 77.7 Å². The Morgan fingerprint density at radius 2 is 1.80 bits per heavy atom. The number of hydrogen-bond acceptors (Lipinski definition) is 6. The number of ether oxygens (including phenoxy) is 1. The molecule has 9 heteroatoms. The molecule has 1 atom stereocenters. The first-order valence-electron chi connectivity index (χ1n) is 13.7. The Bertz CT molecular complexity index is 1560. The number of sulfonamides is 1. The molecule has 1 saturated heterocycles. The topological polar surface area (TPSA) is 79.8 Å². The molecule has 0 spiro atoms. The van der Waals surface area contributed by atoms with Gasteiger partial charge in [0.05, 0.1) is 27.8 Å². The van der Waals surface area contributed by atoms with Crippen LogP contribution in [-0.4, -0.2) is 49.4 Å². The predicted octanol–water partition coefficient (Wildman–Crippen LogP) is 6.46. The van der Waals surface area contributed by atoms with Crippen molar-refractivity contribution in [3.8, 4) is 0 Å². The van der Waals surface area contributed by atoms with Crippen LogP contribution in [0.1, 0.15) is 61.0 Å². The summed E-state index contributed by atoms with van der Waals surface area (Å²) in [5, 5.41) is 0.625. The van der Waals surface area contributed by atoms with Crippen molar-refractivity contribution in [1.82, 2.24) is 9.29 Å². The van der Waals surface area contributed by atoms with Crippen molar-refractivity contribution in [2.75, 3.05) is 24.6 Å². The van der Waals surface area contributed by atoms with Crippen LogP contribution < -0.4 is 4.90 Å². The van der Waals surface area contributed by atoms with E-state index < -0.39 is 10.0 Å². The molecular formula is C31H35N3O4S2. The maximum absolute atomic E-state index is 13.9. The van der Waals surface area contributed by atoms with Gasteiger partial charge >= 0.3 is 0 Å². The van der Waals surface area contributed by atoms with Gasteiger partial charge in [-0.25, -0.2) is 13.4 Å². The van der Waals surface area contributed by atoms with Gasteiger partial charge in [-0.15, -0.1) is 0 Å². The minimum Gasteiger partial charge on any atom is -0.376 e. The average Bonchev–Trinajstić information content (AvgIpc) is 3.64. The fraction of sp³-hybridized carbons (Fsp3) is 0.355. The Hall–Kier alpha value is -3.11. The predicted molar refractivity (Wildman–Crippen MR) is 161 cm³/mol. The summed E-state index contributed by atoms with van der Waals surface area (Å²) < 4.78 is 35.2. The number of nitrogens with zero attached hydrogens (tertiary/aromatic N) is 3. The third kappa shape index (κ3) is 5.98. The Balaban J connectivity index is 1.43. The van der Waals surface area contributed by atoms with E-state index in [4.69, 9.17) is 9.72 Å². The van der Waals surface area contributed by atoms with Crippen molar-refractivity contribution in [2.24, 2.45) is 0 Å². The number of fused-ring (bicyclic) bond motifs is 1. The molecule has 5 rings (SSSR count). The largest absolute Gasteiger partial charge is 0.376 e. The minimum absolute atomic E-state index is 0.0590. The summed E-state index contributed by atoms with van der Waals surface area (Å²) in [4.78, 5) is 20.7. The first-order valence-corrected chi connectivity index (χ1v) is 16.0. The zero-order valence-electron chi connectivity index (χ0n) is 23.1. The lowest BCUT2D eigenvalue weighted by Gasteiger charge is -2.23. The van der Waals surface area contributed by atoms with E-state index in [9.17, 15) is 13.2 Å². The molecule has 1 aromatic heterocycles. The van der Waals surface area contributed by atoms with Crippen LogP contribution in [0, 0.1) is 0 Å². The number of para-hydroxylation sites is 1. The number of aromatic nitrogens is 1. The van der Waals surface area contributed by atoms with Crippen molar-refractivity contribution in [2.45, 2.75) is 57.1 Å². The molecule has 40 heavy (non-hydrogen) atoms. The van der Waals surface area contributed by atoms with E-state index in [2.05, 4.69) is 19.9 Å². The number of carbonyl (C=O) groups excluding carboxylic acids is 1. The summed E-state index contributed by atoms with van der Waals surface area (Å²) in [6.45, 7) is 7.80. The van der Waals surface area contributed by atoms with Crippen molar-refractivity contribution < 1.29 is 17.9 Å². The van der Waals surface area contributed by atoms with E-state index in [-0.39, 0.29) is 23.5 Å². The molecular weight excluding hydrogens is 542 g/mol. The molecule has 0 bridgehead atoms. The van der Waals surface area contributed by atoms with Crippen LogP contribution in [0.2, 0.25) is 0 Å². The van der Waals surface area contributed by atoms with Gasteiger partial charge in [-0.05, 0) is 60.2 Å². The van der Waals surface area contributed by atoms with Crippen LogP contribution >= 0.6 is 11.3 Å². The lowest BCUT2D eigenvalue weighted by Crippen LogP contribution is -2.37. The zero-order valence-corrected chi connectivity index (χ0v) is 24.7. The number of rotatable bonds is 10. The number of amides is 1. The molecule has 4 aromatic rings. The number of hydrogen-bond donors (Lipinski definition) is 0. The number of anilines is 1. The van der Waals surface area contributed by atoms with Gasteiger partial charge in [-0.3, -0.25) is 9.69 Å². The highest BCUT2D eigenvalue weighted by molar-refractivity contribution is 7.89. The van der Waals surface area contributed by atoms with Gasteiger partial charge in [0.25, 0.3) is 5.91 Å². The molecule has 210 valence electrons. The quantitative estimate of drug-likeness (QED) is 0.216. The van der Waals surface area contributed by atoms with Gasteiger partial charge in [0.15, 0.2) is 5.13 Å². The fourth-order valence-electron chi connectivity index (χ4n) is 5.01. The molecule has 0 saturated carbocycles. The van der Waals surface area contributed by atoms with E-state index >= 15 is 0 Å². The maximum Gasteiger partial charge on any atom is 0.260 e. The van der Waals surface area contributed by atoms with E-state index in [0.717, 1.165) is 34.2 Å². The Kier molecular flexibility index (Phi) is 8.65. The Labute approximate surface area is 240 Å². The third-order valence-corrected chi connectivity index (χ3v) is 10.2. The molecule has 3 aromatic carbocycles. The van der Waals surface area contributed by atoms with E-state index in [1.807, 2.05) is 49.4 Å². The molecule has 1 fully saturated rings. The van der Waals surface area contributed by atoms with E-state index in [1.54, 1.807) is 17.0 Å². The molecule has 1 aliphatic rings. The lowest BCUT2D eigenvalue weighted by atomic mass is 10.0. The maximum atomic E-state index is 13.9. The molecule has 1 amide bonds. The molecule has 0 N–H and O–H groups in total. The molecule has 7 nitrogen and oxygen atoms in total. The summed E-state index contributed by atoms with van der Waals surface area (Å²) >= 11 is 1.49. The smallest absolute Gasteiger partial charge is 0.260 e. The summed E-state index contributed by atoms with van der Waals surface area (Å²) in [6.07, 6.45) is 1.79. The van der Waals surface area contributed by atoms with Gasteiger partial charge in [-0.2, -0.15) is 4.31 Å². The van der Waals surface area contributed by atoms with Crippen LogP contribution in [0.25, 0.3) is 10.2 Å². The fourth-order valence-corrected chi connectivity index (χ4v) is 7.45. The second-order valence-corrected chi connectivity index (χ2v) is 13.3. The van der Waals surface area contributed by atoms with Crippen molar-refractivity contribution in [3.05, 3.63) is 89.5 Å². The minimum atomic E-state index is -3.73. The first kappa shape index (κ1) is 28.4. The van der Waals surface area contributed by atoms with Gasteiger partial charge in [0.2, 0.25) is 10.0 Å². The van der Waals surface area contributed by atoms with Crippen LogP contribution in [0.5, 0.6) is 0 Å². The molecule has 0 radical (unpaired) electrons. The highest BCUT2D eigenvalue weighted by Gasteiger charge is 2.29. The monoisotopic (exact) mass is 577 g/mol. The van der Waals surface area contributed by atoms with Crippen LogP contribution in [0.3, 0.4) is 0 Å². The van der Waals surface area contributed by atoms with Gasteiger partial charge in [-0.1, -0.05) is 74.6 Å². The average molecular weight is 578 g/mol. The van der Waals surface area contributed by atoms with Crippen molar-refractivity contribution in [3.63, 3.8) is 0 Å². The zero-order chi connectivity index (χ0) is 28.3. The molecule has 0 aliphatic carbocycles. The normalized spacial score (nSPS) is 15.8. The van der Waals surface area contributed by atoms with E-state index in [1.165, 1.54) is 27.8 Å². The lowest BCUT2D eigenvalue weighted by molar-refractivity contribution is 0.0917. The highest BCUT2D eigenvalue weighted by atomic mass is 32.2. The van der Waals surface area contributed by atoms with Gasteiger partial charge in [0, 0.05) is 25.3 Å². The van der Waals surface area contributed by atoms with Crippen molar-refractivity contribution in [1.29, 1.82) is 0 Å². The summed E-state index contributed by atoms with van der Waals surface area (Å²) in [5.41, 5.74) is 3.39. The van der Waals surface area contributed by atoms with Gasteiger partial charge < -0.3 is 4.74 Å². The summed E-state index contributed by atoms with van der Waals surface area (Å²) in [7, 11) is -3.73. The van der Waals surface area contributed by atoms with Crippen molar-refractivity contribution >= 4 is 42.6 Å². The third-order valence-electron chi connectivity index (χ3n) is 7.24. The summed E-state index contributed by atoms with van der Waals surface area (Å²) in [6, 6.07) is 21.9. The van der Waals surface area contributed by atoms with Crippen LogP contribution in [0.4, 0.5) is 5.13 Å². The second-order valence-electron chi connectivity index (χ2n) is 10.3. The van der Waals surface area contributed by atoms with E-state index in [0.29, 0.717) is 36.3 Å². The van der Waals surface area contributed by atoms with Crippen LogP contribution in [-0.2, 0) is 21.3 Å². The molecule has 1 unspecified atom stereocenters. The Morgan fingerprint density at radius 3 is 2.45 bits per heavy atom. The first-order chi connectivity index (χ1) is 19.3.